The number of nitrogens with zero attached hydrogens (tertiary/aromatic N) is 2. The van der Waals surface area contributed by atoms with Gasteiger partial charge in [-0.1, -0.05) is 52.0 Å². The Balaban J connectivity index is 2.31. The zero-order chi connectivity index (χ0) is 33.3. The quantitative estimate of drug-likeness (QED) is 0.274. The Labute approximate surface area is 263 Å². The minimum absolute atomic E-state index is 0.0257. The molecule has 44 heavy (non-hydrogen) atoms. The molecule has 0 saturated heterocycles. The van der Waals surface area contributed by atoms with Crippen LogP contribution in [0.3, 0.4) is 0 Å². The standard InChI is InChI=1S/C35H48N2O6Si/c1-13-27-28(23-14-18-25(38)19-15-23)22-36-30(37(31(39)41-33(2,3)4)32(40)42-34(5,6)7)29(27)24-16-20-26(21-17-24)43-44(11,12)35(8,9)10/h14-22,38H,13H2,1-12H3. The monoisotopic (exact) mass is 620 g/mol. The molecule has 0 saturated carbocycles. The Hall–Kier alpha value is -3.85. The van der Waals surface area contributed by atoms with E-state index in [2.05, 4.69) is 33.9 Å². The zero-order valence-corrected chi connectivity index (χ0v) is 29.3. The highest BCUT2D eigenvalue weighted by Gasteiger charge is 2.39. The van der Waals surface area contributed by atoms with Crippen LogP contribution in [0.15, 0.2) is 54.7 Å². The van der Waals surface area contributed by atoms with Crippen molar-refractivity contribution in [3.63, 3.8) is 0 Å². The van der Waals surface area contributed by atoms with Crippen LogP contribution in [0.5, 0.6) is 11.5 Å². The van der Waals surface area contributed by atoms with E-state index in [-0.39, 0.29) is 16.6 Å². The van der Waals surface area contributed by atoms with Crippen molar-refractivity contribution in [2.75, 3.05) is 4.90 Å². The van der Waals surface area contributed by atoms with E-state index < -0.39 is 31.7 Å². The molecule has 0 radical (unpaired) electrons. The number of phenols is 1. The fraction of sp³-hybridized carbons (Fsp3) is 0.457. The van der Waals surface area contributed by atoms with Gasteiger partial charge >= 0.3 is 12.2 Å². The molecule has 8 nitrogen and oxygen atoms in total. The number of amides is 2. The molecule has 3 rings (SSSR count). The van der Waals surface area contributed by atoms with E-state index in [9.17, 15) is 14.7 Å². The first kappa shape index (κ1) is 34.6. The van der Waals surface area contributed by atoms with Gasteiger partial charge in [-0.25, -0.2) is 14.6 Å². The molecule has 3 aromatic rings. The number of anilines is 1. The summed E-state index contributed by atoms with van der Waals surface area (Å²) in [6.45, 7) is 23.4. The molecule has 1 heterocycles. The number of ether oxygens (including phenoxy) is 2. The Bertz CT molecular complexity index is 1450. The molecule has 0 aliphatic carbocycles. The molecular weight excluding hydrogens is 572 g/mol. The average molecular weight is 621 g/mol. The molecule has 2 amide bonds. The minimum atomic E-state index is -2.09. The number of hydrogen-bond donors (Lipinski definition) is 1. The highest BCUT2D eigenvalue weighted by atomic mass is 28.4. The SMILES string of the molecule is CCc1c(-c2ccc(O)cc2)cnc(N(C(=O)OC(C)(C)C)C(=O)OC(C)(C)C)c1-c1ccc(O[Si](C)(C)C(C)(C)C)cc1. The number of pyridine rings is 1. The Morgan fingerprint density at radius 2 is 1.27 bits per heavy atom. The molecule has 1 N–H and O–H groups in total. The molecule has 9 heteroatoms. The lowest BCUT2D eigenvalue weighted by atomic mass is 9.91. The van der Waals surface area contributed by atoms with E-state index in [1.165, 1.54) is 0 Å². The second kappa shape index (κ2) is 12.6. The number of rotatable bonds is 6. The van der Waals surface area contributed by atoms with Gasteiger partial charge in [0.15, 0.2) is 5.82 Å². The molecule has 2 aromatic carbocycles. The molecule has 0 unspecified atom stereocenters. The number of aromatic nitrogens is 1. The first-order chi connectivity index (χ1) is 20.1. The van der Waals surface area contributed by atoms with Crippen molar-refractivity contribution >= 4 is 26.3 Å². The van der Waals surface area contributed by atoms with Crippen LogP contribution in [0.4, 0.5) is 15.4 Å². The van der Waals surface area contributed by atoms with Crippen LogP contribution in [0.1, 0.15) is 74.8 Å². The Morgan fingerprint density at radius 1 is 0.795 bits per heavy atom. The Morgan fingerprint density at radius 3 is 1.70 bits per heavy atom. The Kier molecular flexibility index (Phi) is 9.95. The molecule has 0 bridgehead atoms. The van der Waals surface area contributed by atoms with Gasteiger partial charge in [0, 0.05) is 17.3 Å². The van der Waals surface area contributed by atoms with Gasteiger partial charge in [0.2, 0.25) is 8.32 Å². The lowest BCUT2D eigenvalue weighted by Gasteiger charge is -2.36. The highest BCUT2D eigenvalue weighted by Crippen LogP contribution is 2.42. The zero-order valence-electron chi connectivity index (χ0n) is 28.3. The lowest BCUT2D eigenvalue weighted by molar-refractivity contribution is 0.0429. The summed E-state index contributed by atoms with van der Waals surface area (Å²) in [6, 6.07) is 14.5. The van der Waals surface area contributed by atoms with E-state index >= 15 is 0 Å². The molecule has 0 aliphatic rings. The maximum atomic E-state index is 13.7. The van der Waals surface area contributed by atoms with E-state index in [4.69, 9.17) is 18.9 Å². The van der Waals surface area contributed by atoms with E-state index in [1.807, 2.05) is 43.3 Å². The number of phenolic OH excluding ortho intramolecular Hbond substituents is 1. The smallest absolute Gasteiger partial charge is 0.425 e. The summed E-state index contributed by atoms with van der Waals surface area (Å²) in [5.41, 5.74) is 2.08. The van der Waals surface area contributed by atoms with Gasteiger partial charge < -0.3 is 19.0 Å². The third kappa shape index (κ3) is 8.40. The molecule has 1 aromatic heterocycles. The first-order valence-electron chi connectivity index (χ1n) is 15.0. The summed E-state index contributed by atoms with van der Waals surface area (Å²) < 4.78 is 17.9. The molecule has 0 spiro atoms. The largest absolute Gasteiger partial charge is 0.544 e. The van der Waals surface area contributed by atoms with Gasteiger partial charge in [0.1, 0.15) is 22.7 Å². The van der Waals surface area contributed by atoms with Crippen LogP contribution < -0.4 is 9.33 Å². The summed E-state index contributed by atoms with van der Waals surface area (Å²) in [4.78, 5) is 33.0. The number of carbonyl (C=O) groups is 2. The van der Waals surface area contributed by atoms with Gasteiger partial charge in [-0.2, -0.15) is 4.90 Å². The average Bonchev–Trinajstić information content (AvgIpc) is 2.86. The van der Waals surface area contributed by atoms with Gasteiger partial charge in [-0.05, 0) is 107 Å². The maximum absolute atomic E-state index is 13.7. The normalized spacial score (nSPS) is 12.5. The van der Waals surface area contributed by atoms with E-state index in [0.29, 0.717) is 12.0 Å². The summed E-state index contributed by atoms with van der Waals surface area (Å²) in [6.07, 6.45) is 0.413. The second-order valence-corrected chi connectivity index (χ2v) is 19.2. The number of carbonyl (C=O) groups excluding carboxylic acids is 2. The van der Waals surface area contributed by atoms with Crippen LogP contribution in [0, 0.1) is 0 Å². The third-order valence-corrected chi connectivity index (χ3v) is 11.7. The fourth-order valence-corrected chi connectivity index (χ4v) is 5.30. The summed E-state index contributed by atoms with van der Waals surface area (Å²) in [5, 5.41) is 9.94. The van der Waals surface area contributed by atoms with Crippen molar-refractivity contribution in [1.82, 2.24) is 4.98 Å². The first-order valence-corrected chi connectivity index (χ1v) is 17.9. The predicted octanol–water partition coefficient (Wildman–Crippen LogP) is 9.74. The predicted molar refractivity (Wildman–Crippen MR) is 179 cm³/mol. The van der Waals surface area contributed by atoms with Crippen molar-refractivity contribution in [1.29, 1.82) is 0 Å². The van der Waals surface area contributed by atoms with E-state index in [1.54, 1.807) is 59.9 Å². The number of benzene rings is 2. The van der Waals surface area contributed by atoms with Crippen LogP contribution in [0.25, 0.3) is 22.3 Å². The van der Waals surface area contributed by atoms with Gasteiger partial charge in [-0.15, -0.1) is 0 Å². The van der Waals surface area contributed by atoms with Gasteiger partial charge in [0.05, 0.1) is 0 Å². The topological polar surface area (TPSA) is 98.2 Å². The van der Waals surface area contributed by atoms with Gasteiger partial charge in [-0.3, -0.25) is 0 Å². The molecule has 0 fully saturated rings. The van der Waals surface area contributed by atoms with Crippen molar-refractivity contribution in [2.45, 2.75) is 105 Å². The molecular formula is C35H48N2O6Si. The molecule has 0 aliphatic heterocycles. The maximum Gasteiger partial charge on any atom is 0.425 e. The van der Waals surface area contributed by atoms with Crippen LogP contribution >= 0.6 is 0 Å². The van der Waals surface area contributed by atoms with Gasteiger partial charge in [0.25, 0.3) is 0 Å². The summed E-state index contributed by atoms with van der Waals surface area (Å²) >= 11 is 0. The molecule has 0 atom stereocenters. The van der Waals surface area contributed by atoms with Crippen LogP contribution in [0.2, 0.25) is 18.1 Å². The van der Waals surface area contributed by atoms with E-state index in [0.717, 1.165) is 32.9 Å². The minimum Gasteiger partial charge on any atom is -0.544 e. The summed E-state index contributed by atoms with van der Waals surface area (Å²) in [5.74, 6) is 1.000. The fourth-order valence-electron chi connectivity index (χ4n) is 4.27. The van der Waals surface area contributed by atoms with Crippen molar-refractivity contribution in [2.24, 2.45) is 0 Å². The number of aromatic hydroxyl groups is 1. The van der Waals surface area contributed by atoms with Crippen molar-refractivity contribution < 1.29 is 28.6 Å². The summed E-state index contributed by atoms with van der Waals surface area (Å²) in [7, 11) is -2.09. The lowest BCUT2D eigenvalue weighted by Crippen LogP contribution is -2.44. The third-order valence-electron chi connectivity index (χ3n) is 7.38. The van der Waals surface area contributed by atoms with Crippen LogP contribution in [-0.4, -0.2) is 41.8 Å². The molecule has 238 valence electrons. The number of imide groups is 1. The van der Waals surface area contributed by atoms with Crippen LogP contribution in [-0.2, 0) is 15.9 Å². The highest BCUT2D eigenvalue weighted by molar-refractivity contribution is 6.74. The second-order valence-electron chi connectivity index (χ2n) is 14.4. The van der Waals surface area contributed by atoms with Crippen molar-refractivity contribution in [3.8, 4) is 33.8 Å². The van der Waals surface area contributed by atoms with Crippen molar-refractivity contribution in [3.05, 3.63) is 60.3 Å². The number of hydrogen-bond acceptors (Lipinski definition) is 7.